The lowest BCUT2D eigenvalue weighted by atomic mass is 10.1. The molecule has 5 heteroatoms. The van der Waals surface area contributed by atoms with Gasteiger partial charge in [0.25, 0.3) is 0 Å². The maximum Gasteiger partial charge on any atom is 0.0779 e. The van der Waals surface area contributed by atoms with E-state index in [1.54, 1.807) is 0 Å². The summed E-state index contributed by atoms with van der Waals surface area (Å²) in [5.41, 5.74) is 2.69. The summed E-state index contributed by atoms with van der Waals surface area (Å²) in [4.78, 5) is 8.71. The number of aryl methyl sites for hydroxylation is 1. The Kier molecular flexibility index (Phi) is 7.29. The summed E-state index contributed by atoms with van der Waals surface area (Å²) in [6.45, 7) is 10.2. The highest BCUT2D eigenvalue weighted by molar-refractivity contribution is 7.80. The number of likely N-dealkylation sites (tertiary alicyclic amines) is 1. The number of piperazine rings is 1. The van der Waals surface area contributed by atoms with Gasteiger partial charge in [-0.05, 0) is 58.3 Å². The normalized spacial score (nSPS) is 19.8. The minimum atomic E-state index is 0.680. The van der Waals surface area contributed by atoms with Crippen molar-refractivity contribution in [1.82, 2.24) is 15.1 Å². The second-order valence-electron chi connectivity index (χ2n) is 7.71. The van der Waals surface area contributed by atoms with Gasteiger partial charge in [0.15, 0.2) is 0 Å². The lowest BCUT2D eigenvalue weighted by Crippen LogP contribution is -2.47. The van der Waals surface area contributed by atoms with Gasteiger partial charge in [-0.3, -0.25) is 4.90 Å². The first-order chi connectivity index (χ1) is 12.7. The third kappa shape index (κ3) is 5.41. The lowest BCUT2D eigenvalue weighted by Gasteiger charge is -2.36. The molecule has 26 heavy (non-hydrogen) atoms. The average molecular weight is 375 g/mol. The summed E-state index contributed by atoms with van der Waals surface area (Å²) in [5.74, 6) is 0. The zero-order valence-corrected chi connectivity index (χ0v) is 17.2. The monoisotopic (exact) mass is 374 g/mol. The summed E-state index contributed by atoms with van der Waals surface area (Å²) >= 11 is 5.69. The largest absolute Gasteiger partial charge is 0.369 e. The highest BCUT2D eigenvalue weighted by Crippen LogP contribution is 2.18. The Balaban J connectivity index is 1.32. The smallest absolute Gasteiger partial charge is 0.0779 e. The minimum absolute atomic E-state index is 0.680. The van der Waals surface area contributed by atoms with E-state index in [-0.39, 0.29) is 0 Å². The van der Waals surface area contributed by atoms with Gasteiger partial charge in [-0.1, -0.05) is 29.9 Å². The number of anilines is 1. The second kappa shape index (κ2) is 9.67. The van der Waals surface area contributed by atoms with Crippen molar-refractivity contribution in [2.45, 2.75) is 38.6 Å². The average Bonchev–Trinajstić information content (AvgIpc) is 2.69. The van der Waals surface area contributed by atoms with Crippen molar-refractivity contribution in [3.8, 4) is 0 Å². The van der Waals surface area contributed by atoms with Crippen LogP contribution in [0, 0.1) is 6.92 Å². The van der Waals surface area contributed by atoms with Crippen LogP contribution >= 0.6 is 12.2 Å². The molecule has 144 valence electrons. The first-order valence-electron chi connectivity index (χ1n) is 10.1. The molecule has 4 nitrogen and oxygen atoms in total. The summed E-state index contributed by atoms with van der Waals surface area (Å²) < 4.78 is 0. The van der Waals surface area contributed by atoms with Crippen LogP contribution in [0.2, 0.25) is 0 Å². The Morgan fingerprint density at radius 1 is 1.04 bits per heavy atom. The fourth-order valence-corrected chi connectivity index (χ4v) is 4.34. The molecule has 0 aromatic heterocycles. The van der Waals surface area contributed by atoms with Crippen LogP contribution in [0.25, 0.3) is 0 Å². The van der Waals surface area contributed by atoms with Gasteiger partial charge in [-0.2, -0.15) is 0 Å². The summed E-state index contributed by atoms with van der Waals surface area (Å²) in [6.07, 6.45) is 4.70. The fraction of sp³-hybridized carbons (Fsp3) is 0.667. The first kappa shape index (κ1) is 19.6. The molecule has 0 bridgehead atoms. The molecule has 0 amide bonds. The second-order valence-corrected chi connectivity index (χ2v) is 8.18. The van der Waals surface area contributed by atoms with E-state index in [4.69, 9.17) is 12.2 Å². The molecule has 0 aliphatic carbocycles. The number of hydrogen-bond acceptors (Lipinski definition) is 4. The van der Waals surface area contributed by atoms with E-state index in [0.29, 0.717) is 6.04 Å². The third-order valence-corrected chi connectivity index (χ3v) is 6.35. The van der Waals surface area contributed by atoms with Gasteiger partial charge in [-0.25, -0.2) is 0 Å². The van der Waals surface area contributed by atoms with Crippen molar-refractivity contribution < 1.29 is 0 Å². The zero-order valence-electron chi connectivity index (χ0n) is 16.4. The third-order valence-electron chi connectivity index (χ3n) is 5.89. The Morgan fingerprint density at radius 3 is 2.31 bits per heavy atom. The topological polar surface area (TPSA) is 21.8 Å². The maximum atomic E-state index is 5.69. The molecular weight excluding hydrogens is 340 g/mol. The van der Waals surface area contributed by atoms with Gasteiger partial charge in [0.05, 0.1) is 4.99 Å². The molecule has 1 N–H and O–H groups in total. The fourth-order valence-electron chi connectivity index (χ4n) is 4.01. The van der Waals surface area contributed by atoms with E-state index in [0.717, 1.165) is 45.7 Å². The van der Waals surface area contributed by atoms with Crippen molar-refractivity contribution >= 4 is 22.9 Å². The van der Waals surface area contributed by atoms with Crippen LogP contribution in [0.1, 0.15) is 31.2 Å². The van der Waals surface area contributed by atoms with E-state index < -0.39 is 0 Å². The summed E-state index contributed by atoms with van der Waals surface area (Å²) in [5, 5.41) is 3.39. The van der Waals surface area contributed by atoms with Crippen LogP contribution in [-0.4, -0.2) is 73.7 Å². The van der Waals surface area contributed by atoms with Gasteiger partial charge >= 0.3 is 0 Å². The van der Waals surface area contributed by atoms with Gasteiger partial charge in [0.1, 0.15) is 0 Å². The number of nitrogens with zero attached hydrogens (tertiary/aromatic N) is 3. The molecule has 3 rings (SSSR count). The summed E-state index contributed by atoms with van der Waals surface area (Å²) in [6, 6.07) is 9.60. The number of benzene rings is 1. The highest BCUT2D eigenvalue weighted by atomic mass is 32.1. The molecule has 2 heterocycles. The van der Waals surface area contributed by atoms with E-state index in [1.165, 1.54) is 42.0 Å². The van der Waals surface area contributed by atoms with Crippen molar-refractivity contribution in [2.24, 2.45) is 0 Å². The van der Waals surface area contributed by atoms with Crippen LogP contribution in [0.4, 0.5) is 5.69 Å². The quantitative estimate of drug-likeness (QED) is 0.771. The molecule has 2 saturated heterocycles. The number of rotatable bonds is 6. The van der Waals surface area contributed by atoms with Crippen molar-refractivity contribution in [3.63, 3.8) is 0 Å². The van der Waals surface area contributed by atoms with Gasteiger partial charge in [0.2, 0.25) is 0 Å². The zero-order chi connectivity index (χ0) is 18.4. The summed E-state index contributed by atoms with van der Waals surface area (Å²) in [7, 11) is 2.07. The number of piperidine rings is 1. The van der Waals surface area contributed by atoms with E-state index in [1.807, 2.05) is 0 Å². The van der Waals surface area contributed by atoms with Crippen LogP contribution in [0.15, 0.2) is 24.3 Å². The highest BCUT2D eigenvalue weighted by Gasteiger charge is 2.20. The molecule has 1 aromatic carbocycles. The molecule has 2 aliphatic heterocycles. The maximum absolute atomic E-state index is 5.69. The van der Waals surface area contributed by atoms with Gasteiger partial charge in [-0.15, -0.1) is 0 Å². The molecule has 0 radical (unpaired) electrons. The Morgan fingerprint density at radius 2 is 1.69 bits per heavy atom. The van der Waals surface area contributed by atoms with E-state index in [9.17, 15) is 0 Å². The Hall–Kier alpha value is -1.17. The molecule has 2 fully saturated rings. The van der Waals surface area contributed by atoms with Crippen LogP contribution < -0.4 is 10.2 Å². The standard InChI is InChI=1S/C21H34N4S/c1-18-5-7-20(8-6-18)24-16-14-23(15-17-24)11-3-4-21(26)25-12-9-19(22-2)10-13-25/h5-8,19,22H,3-4,9-17H2,1-2H3. The molecule has 0 unspecified atom stereocenters. The Bertz CT molecular complexity index is 558. The van der Waals surface area contributed by atoms with Crippen LogP contribution in [0.3, 0.4) is 0 Å². The number of nitrogens with one attached hydrogen (secondary N) is 1. The van der Waals surface area contributed by atoms with Gasteiger partial charge in [0, 0.05) is 51.0 Å². The van der Waals surface area contributed by atoms with Gasteiger partial charge < -0.3 is 15.1 Å². The lowest BCUT2D eigenvalue weighted by molar-refractivity contribution is 0.253. The molecule has 0 atom stereocenters. The Labute approximate surface area is 164 Å². The molecule has 0 spiro atoms. The van der Waals surface area contributed by atoms with Crippen molar-refractivity contribution in [2.75, 3.05) is 57.8 Å². The predicted molar refractivity (Wildman–Crippen MR) is 115 cm³/mol. The number of thiocarbonyl (C=S) groups is 1. The van der Waals surface area contributed by atoms with E-state index in [2.05, 4.69) is 58.3 Å². The number of hydrogen-bond donors (Lipinski definition) is 1. The molecule has 1 aromatic rings. The first-order valence-corrected chi connectivity index (χ1v) is 10.6. The molecule has 0 saturated carbocycles. The molecular formula is C21H34N4S. The van der Waals surface area contributed by atoms with Crippen molar-refractivity contribution in [3.05, 3.63) is 29.8 Å². The molecule has 2 aliphatic rings. The van der Waals surface area contributed by atoms with E-state index >= 15 is 0 Å². The predicted octanol–water partition coefficient (Wildman–Crippen LogP) is 2.91. The SMILES string of the molecule is CNC1CCN(C(=S)CCCN2CCN(c3ccc(C)cc3)CC2)CC1. The van der Waals surface area contributed by atoms with Crippen molar-refractivity contribution in [1.29, 1.82) is 0 Å². The van der Waals surface area contributed by atoms with Crippen LogP contribution in [0.5, 0.6) is 0 Å². The van der Waals surface area contributed by atoms with Crippen LogP contribution in [-0.2, 0) is 0 Å². The minimum Gasteiger partial charge on any atom is -0.369 e.